The first-order chi connectivity index (χ1) is 17.5. The van der Waals surface area contributed by atoms with Crippen molar-refractivity contribution in [2.75, 3.05) is 6.54 Å². The average Bonchev–Trinajstić information content (AvgIpc) is 2.89. The average molecular weight is 494 g/mol. The highest BCUT2D eigenvalue weighted by Gasteiger charge is 2.35. The van der Waals surface area contributed by atoms with Crippen LogP contribution in [-0.4, -0.2) is 47.2 Å². The maximum Gasteiger partial charge on any atom is 0.140 e. The third-order valence-electron chi connectivity index (χ3n) is 7.02. The molecule has 0 aromatic heterocycles. The third kappa shape index (κ3) is 5.42. The van der Waals surface area contributed by atoms with Crippen molar-refractivity contribution in [3.63, 3.8) is 0 Å². The first kappa shape index (κ1) is 24.4. The zero-order chi connectivity index (χ0) is 25.1. The lowest BCUT2D eigenvalue weighted by molar-refractivity contribution is -0.118. The molecular formula is C29H29F2NO4. The molecule has 5 nitrogen and oxygen atoms in total. The minimum atomic E-state index is -0.876. The predicted molar refractivity (Wildman–Crippen MR) is 131 cm³/mol. The molecule has 0 fully saturated rings. The highest BCUT2D eigenvalue weighted by Crippen LogP contribution is 2.32. The minimum Gasteiger partial charge on any atom is -0.488 e. The number of hydrogen-bond acceptors (Lipinski definition) is 5. The normalized spacial score (nSPS) is 20.4. The summed E-state index contributed by atoms with van der Waals surface area (Å²) in [5, 5.41) is 11.2. The molecule has 2 aliphatic heterocycles. The zero-order valence-corrected chi connectivity index (χ0v) is 19.9. The molecule has 0 spiro atoms. The van der Waals surface area contributed by atoms with Crippen molar-refractivity contribution in [3.8, 4) is 11.5 Å². The number of halogens is 2. The summed E-state index contributed by atoms with van der Waals surface area (Å²) in [7, 11) is 0. The molecule has 0 saturated carbocycles. The topological polar surface area (TPSA) is 59.0 Å². The minimum absolute atomic E-state index is 0.190. The lowest BCUT2D eigenvalue weighted by atomic mass is 9.95. The van der Waals surface area contributed by atoms with Crippen molar-refractivity contribution in [3.05, 3.63) is 95.1 Å². The van der Waals surface area contributed by atoms with Crippen LogP contribution in [0.3, 0.4) is 0 Å². The fourth-order valence-corrected chi connectivity index (χ4v) is 5.14. The fourth-order valence-electron chi connectivity index (χ4n) is 5.14. The quantitative estimate of drug-likeness (QED) is 0.469. The van der Waals surface area contributed by atoms with Gasteiger partial charge in [-0.25, -0.2) is 8.78 Å². The first-order valence-electron chi connectivity index (χ1n) is 12.3. The van der Waals surface area contributed by atoms with Crippen LogP contribution in [0.15, 0.2) is 66.7 Å². The van der Waals surface area contributed by atoms with Gasteiger partial charge in [0.25, 0.3) is 0 Å². The van der Waals surface area contributed by atoms with E-state index in [4.69, 9.17) is 9.47 Å². The summed E-state index contributed by atoms with van der Waals surface area (Å²) in [6.45, 7) is 0.627. The van der Waals surface area contributed by atoms with E-state index in [0.717, 1.165) is 23.0 Å². The van der Waals surface area contributed by atoms with E-state index in [-0.39, 0.29) is 18.2 Å². The van der Waals surface area contributed by atoms with E-state index in [1.165, 1.54) is 24.3 Å². The molecule has 7 heteroatoms. The van der Waals surface area contributed by atoms with Gasteiger partial charge in [0.2, 0.25) is 0 Å². The molecule has 0 aliphatic carbocycles. The van der Waals surface area contributed by atoms with Crippen LogP contribution < -0.4 is 9.47 Å². The molecule has 0 amide bonds. The Labute approximate surface area is 209 Å². The largest absolute Gasteiger partial charge is 0.488 e. The summed E-state index contributed by atoms with van der Waals surface area (Å²) in [5.74, 6) is 0.538. The smallest absolute Gasteiger partial charge is 0.140 e. The van der Waals surface area contributed by atoms with Crippen LogP contribution in [-0.2, 0) is 24.2 Å². The van der Waals surface area contributed by atoms with Crippen LogP contribution in [0.2, 0.25) is 0 Å². The summed E-state index contributed by atoms with van der Waals surface area (Å²) < 4.78 is 39.4. The van der Waals surface area contributed by atoms with Crippen molar-refractivity contribution in [1.82, 2.24) is 4.90 Å². The Balaban J connectivity index is 1.35. The summed E-state index contributed by atoms with van der Waals surface area (Å²) in [4.78, 5) is 14.4. The Morgan fingerprint density at radius 3 is 2.08 bits per heavy atom. The van der Waals surface area contributed by atoms with Crippen molar-refractivity contribution in [2.45, 2.75) is 56.6 Å². The van der Waals surface area contributed by atoms with Gasteiger partial charge in [-0.3, -0.25) is 4.90 Å². The van der Waals surface area contributed by atoms with Crippen LogP contribution >= 0.6 is 0 Å². The molecule has 2 unspecified atom stereocenters. The number of aliphatic hydroxyl groups excluding tert-OH is 1. The Bertz CT molecular complexity index is 1210. The number of ether oxygens (including phenoxy) is 2. The summed E-state index contributed by atoms with van der Waals surface area (Å²) in [5.41, 5.74) is 2.58. The molecule has 188 valence electrons. The molecular weight excluding hydrogens is 464 g/mol. The number of benzene rings is 3. The maximum atomic E-state index is 13.6. The van der Waals surface area contributed by atoms with Crippen LogP contribution in [0.25, 0.3) is 0 Å². The number of nitrogens with zero attached hydrogens (tertiary/aromatic N) is 1. The number of aryl methyl sites for hydroxylation is 2. The molecule has 2 heterocycles. The molecule has 36 heavy (non-hydrogen) atoms. The van der Waals surface area contributed by atoms with Gasteiger partial charge in [0.05, 0.1) is 0 Å². The SMILES string of the molecule is O=CC([C@H]1CCc2cc(F)ccc2O1)N(Cc1ccccc1)CC(O)[C@H]1CCc2cc(F)ccc2O1. The third-order valence-corrected chi connectivity index (χ3v) is 7.02. The van der Waals surface area contributed by atoms with Crippen molar-refractivity contribution in [2.24, 2.45) is 0 Å². The molecule has 2 aliphatic rings. The van der Waals surface area contributed by atoms with E-state index in [2.05, 4.69) is 0 Å². The van der Waals surface area contributed by atoms with Gasteiger partial charge < -0.3 is 19.4 Å². The van der Waals surface area contributed by atoms with Gasteiger partial charge >= 0.3 is 0 Å². The van der Waals surface area contributed by atoms with E-state index in [1.807, 2.05) is 35.2 Å². The number of fused-ring (bicyclic) bond motifs is 2. The Kier molecular flexibility index (Phi) is 7.30. The van der Waals surface area contributed by atoms with Gasteiger partial charge in [-0.15, -0.1) is 0 Å². The zero-order valence-electron chi connectivity index (χ0n) is 19.9. The van der Waals surface area contributed by atoms with E-state index in [1.54, 1.807) is 12.1 Å². The molecule has 1 N–H and O–H groups in total. The molecule has 3 aromatic rings. The fraction of sp³-hybridized carbons (Fsp3) is 0.345. The number of hydrogen-bond donors (Lipinski definition) is 1. The number of carbonyl (C=O) groups excluding carboxylic acids is 1. The monoisotopic (exact) mass is 493 g/mol. The standard InChI is InChI=1S/C29H29F2NO4/c30-22-8-12-26-20(14-22)6-10-28(35-26)24(18-33)32(16-19-4-2-1-3-5-19)17-25(34)29-11-7-21-15-23(31)9-13-27(21)36-29/h1-5,8-9,12-15,18,24-25,28-29,34H,6-7,10-11,16-17H2/t24?,25?,28-,29-/m1/s1. The van der Waals surface area contributed by atoms with Gasteiger partial charge in [0.15, 0.2) is 0 Å². The Hall–Kier alpha value is -3.29. The summed E-state index contributed by atoms with van der Waals surface area (Å²) >= 11 is 0. The number of aldehydes is 1. The second-order valence-corrected chi connectivity index (χ2v) is 9.50. The molecule has 4 atom stereocenters. The number of rotatable bonds is 8. The van der Waals surface area contributed by atoms with Crippen LogP contribution in [0, 0.1) is 11.6 Å². The number of carbonyl (C=O) groups is 1. The van der Waals surface area contributed by atoms with Crippen LogP contribution in [0.4, 0.5) is 8.78 Å². The highest BCUT2D eigenvalue weighted by atomic mass is 19.1. The Morgan fingerprint density at radius 1 is 0.889 bits per heavy atom. The maximum absolute atomic E-state index is 13.6. The van der Waals surface area contributed by atoms with Gasteiger partial charge in [0.1, 0.15) is 53.8 Å². The van der Waals surface area contributed by atoms with Gasteiger partial charge in [0, 0.05) is 13.1 Å². The molecule has 3 aromatic carbocycles. The molecule has 0 saturated heterocycles. The van der Waals surface area contributed by atoms with Crippen LogP contribution in [0.1, 0.15) is 29.5 Å². The van der Waals surface area contributed by atoms with E-state index in [0.29, 0.717) is 43.7 Å². The van der Waals surface area contributed by atoms with E-state index < -0.39 is 24.4 Å². The first-order valence-corrected chi connectivity index (χ1v) is 12.3. The summed E-state index contributed by atoms with van der Waals surface area (Å²) in [6.07, 6.45) is 1.37. The second kappa shape index (κ2) is 10.8. The van der Waals surface area contributed by atoms with Crippen molar-refractivity contribution in [1.29, 1.82) is 0 Å². The molecule has 5 rings (SSSR count). The second-order valence-electron chi connectivity index (χ2n) is 9.50. The molecule has 0 bridgehead atoms. The lowest BCUT2D eigenvalue weighted by Gasteiger charge is -2.39. The highest BCUT2D eigenvalue weighted by molar-refractivity contribution is 5.59. The number of aliphatic hydroxyl groups is 1. The predicted octanol–water partition coefficient (Wildman–Crippen LogP) is 4.48. The van der Waals surface area contributed by atoms with Crippen molar-refractivity contribution >= 4 is 6.29 Å². The van der Waals surface area contributed by atoms with Gasteiger partial charge in [-0.2, -0.15) is 0 Å². The van der Waals surface area contributed by atoms with Crippen LogP contribution in [0.5, 0.6) is 11.5 Å². The van der Waals surface area contributed by atoms with Crippen molar-refractivity contribution < 1.29 is 28.2 Å². The van der Waals surface area contributed by atoms with Gasteiger partial charge in [-0.05, 0) is 78.8 Å². The Morgan fingerprint density at radius 2 is 1.47 bits per heavy atom. The van der Waals surface area contributed by atoms with Gasteiger partial charge in [-0.1, -0.05) is 30.3 Å². The lowest BCUT2D eigenvalue weighted by Crippen LogP contribution is -2.52. The van der Waals surface area contributed by atoms with E-state index >= 15 is 0 Å². The summed E-state index contributed by atoms with van der Waals surface area (Å²) in [6, 6.07) is 18.0. The molecule has 0 radical (unpaired) electrons. The van der Waals surface area contributed by atoms with E-state index in [9.17, 15) is 18.7 Å².